The fourth-order valence-corrected chi connectivity index (χ4v) is 8.05. The molecular formula is C42H29NOS. The number of fused-ring (bicyclic) bond motifs is 7. The van der Waals surface area contributed by atoms with Crippen LogP contribution < -0.4 is 9.64 Å². The molecule has 0 N–H and O–H groups in total. The Morgan fingerprint density at radius 1 is 0.556 bits per heavy atom. The van der Waals surface area contributed by atoms with Crippen LogP contribution in [0.25, 0.3) is 42.4 Å². The molecule has 9 rings (SSSR count). The average Bonchev–Trinajstić information content (AvgIpc) is 3.69. The molecule has 1 aliphatic carbocycles. The van der Waals surface area contributed by atoms with Crippen molar-refractivity contribution in [2.24, 2.45) is 0 Å². The normalized spacial score (nSPS) is 16.4. The van der Waals surface area contributed by atoms with Crippen LogP contribution in [0.5, 0.6) is 5.75 Å². The molecule has 1 aliphatic heterocycles. The lowest BCUT2D eigenvalue weighted by molar-refractivity contribution is 0.271. The Kier molecular flexibility index (Phi) is 6.17. The lowest BCUT2D eigenvalue weighted by Crippen LogP contribution is -2.15. The van der Waals surface area contributed by atoms with Crippen LogP contribution in [0.15, 0.2) is 164 Å². The molecule has 3 heteroatoms. The summed E-state index contributed by atoms with van der Waals surface area (Å²) in [6.45, 7) is 0. The molecule has 0 saturated carbocycles. The minimum Gasteiger partial charge on any atom is -0.484 e. The number of nitrogens with zero attached hydrogens (tertiary/aromatic N) is 1. The highest BCUT2D eigenvalue weighted by Crippen LogP contribution is 2.54. The second-order valence-corrected chi connectivity index (χ2v) is 12.7. The predicted molar refractivity (Wildman–Crippen MR) is 190 cm³/mol. The number of ether oxygens (including phenoxy) is 1. The van der Waals surface area contributed by atoms with Crippen LogP contribution in [0.2, 0.25) is 0 Å². The topological polar surface area (TPSA) is 12.5 Å². The van der Waals surface area contributed by atoms with Gasteiger partial charge in [-0.15, -0.1) is 11.3 Å². The van der Waals surface area contributed by atoms with Gasteiger partial charge >= 0.3 is 0 Å². The molecule has 0 radical (unpaired) electrons. The number of hydrogen-bond donors (Lipinski definition) is 0. The van der Waals surface area contributed by atoms with Gasteiger partial charge in [-0.1, -0.05) is 115 Å². The molecule has 45 heavy (non-hydrogen) atoms. The summed E-state index contributed by atoms with van der Waals surface area (Å²) in [5, 5.41) is 2.47. The van der Waals surface area contributed by atoms with Gasteiger partial charge in [0.1, 0.15) is 11.9 Å². The molecule has 2 nitrogen and oxygen atoms in total. The third kappa shape index (κ3) is 4.39. The van der Waals surface area contributed by atoms with E-state index in [2.05, 4.69) is 169 Å². The van der Waals surface area contributed by atoms with Gasteiger partial charge in [0.2, 0.25) is 0 Å². The highest BCUT2D eigenvalue weighted by Gasteiger charge is 2.36. The number of allylic oxidation sites excluding steroid dienone is 2. The van der Waals surface area contributed by atoms with Crippen molar-refractivity contribution in [2.45, 2.75) is 12.0 Å². The van der Waals surface area contributed by atoms with Gasteiger partial charge in [-0.3, -0.25) is 0 Å². The van der Waals surface area contributed by atoms with Gasteiger partial charge in [-0.25, -0.2) is 0 Å². The molecule has 1 aromatic heterocycles. The van der Waals surface area contributed by atoms with E-state index in [0.717, 1.165) is 17.1 Å². The van der Waals surface area contributed by atoms with Crippen molar-refractivity contribution in [2.75, 3.05) is 4.90 Å². The Balaban J connectivity index is 1.22. The Morgan fingerprint density at radius 3 is 2.00 bits per heavy atom. The summed E-state index contributed by atoms with van der Waals surface area (Å²) >= 11 is 1.85. The van der Waals surface area contributed by atoms with Gasteiger partial charge in [0.05, 0.1) is 10.4 Å². The number of para-hydroxylation sites is 1. The molecule has 0 spiro atoms. The van der Waals surface area contributed by atoms with E-state index in [1.807, 2.05) is 11.3 Å². The molecule has 6 aromatic carbocycles. The maximum atomic E-state index is 6.69. The first-order chi connectivity index (χ1) is 22.3. The fraction of sp³-hybridized carbons (Fsp3) is 0.0476. The highest BCUT2D eigenvalue weighted by molar-refractivity contribution is 7.26. The monoisotopic (exact) mass is 595 g/mol. The van der Waals surface area contributed by atoms with Gasteiger partial charge in [-0.05, 0) is 70.8 Å². The van der Waals surface area contributed by atoms with Crippen LogP contribution in [0.3, 0.4) is 0 Å². The zero-order chi connectivity index (χ0) is 29.7. The predicted octanol–water partition coefficient (Wildman–Crippen LogP) is 11.8. The zero-order valence-corrected chi connectivity index (χ0v) is 25.3. The maximum absolute atomic E-state index is 6.69. The summed E-state index contributed by atoms with van der Waals surface area (Å²) in [6.07, 6.45) is 8.75. The Morgan fingerprint density at radius 2 is 1.20 bits per heavy atom. The van der Waals surface area contributed by atoms with Crippen LogP contribution in [0, 0.1) is 0 Å². The van der Waals surface area contributed by atoms with Gasteiger partial charge in [0, 0.05) is 38.3 Å². The lowest BCUT2D eigenvalue weighted by atomic mass is 9.90. The highest BCUT2D eigenvalue weighted by atomic mass is 32.1. The summed E-state index contributed by atoms with van der Waals surface area (Å²) in [6, 6.07) is 50.2. The molecule has 0 saturated heterocycles. The van der Waals surface area contributed by atoms with E-state index in [1.54, 1.807) is 0 Å². The van der Waals surface area contributed by atoms with Crippen molar-refractivity contribution in [3.05, 3.63) is 169 Å². The number of hydrogen-bond acceptors (Lipinski definition) is 3. The molecule has 2 heterocycles. The van der Waals surface area contributed by atoms with Crippen molar-refractivity contribution >= 4 is 48.6 Å². The van der Waals surface area contributed by atoms with E-state index in [-0.39, 0.29) is 12.0 Å². The molecule has 2 unspecified atom stereocenters. The van der Waals surface area contributed by atoms with E-state index in [4.69, 9.17) is 4.74 Å². The minimum absolute atomic E-state index is 0.0261. The summed E-state index contributed by atoms with van der Waals surface area (Å²) in [4.78, 5) is 2.41. The second-order valence-electron chi connectivity index (χ2n) is 11.7. The molecule has 0 amide bonds. The Labute approximate surface area is 266 Å². The third-order valence-corrected chi connectivity index (χ3v) is 10.2. The number of rotatable bonds is 5. The van der Waals surface area contributed by atoms with Crippen molar-refractivity contribution in [1.29, 1.82) is 0 Å². The van der Waals surface area contributed by atoms with Crippen LogP contribution in [-0.4, -0.2) is 6.10 Å². The smallest absolute Gasteiger partial charge is 0.133 e. The lowest BCUT2D eigenvalue weighted by Gasteiger charge is -2.27. The first kappa shape index (κ1) is 26.1. The Bertz CT molecular complexity index is 2250. The molecule has 7 aromatic rings. The minimum atomic E-state index is 0.0261. The summed E-state index contributed by atoms with van der Waals surface area (Å²) in [7, 11) is 0. The van der Waals surface area contributed by atoms with E-state index in [0.29, 0.717) is 0 Å². The number of thiophene rings is 1. The standard InChI is InChI=1S/C42H29NOS/c1-3-12-28(13-4-1)30-14-11-15-31(26-30)29-22-24-33(25-23-29)43(32-16-5-2-6-17-32)37-27-36-34-18-7-9-20-38(34)44-41(36)40-35-19-8-10-21-39(35)45-42(37)40/h1-27,34,38H. The number of benzene rings is 6. The third-order valence-electron chi connectivity index (χ3n) is 8.99. The van der Waals surface area contributed by atoms with Crippen LogP contribution in [-0.2, 0) is 0 Å². The number of anilines is 3. The van der Waals surface area contributed by atoms with E-state index in [9.17, 15) is 0 Å². The quantitative estimate of drug-likeness (QED) is 0.196. The van der Waals surface area contributed by atoms with Crippen LogP contribution in [0.1, 0.15) is 11.5 Å². The van der Waals surface area contributed by atoms with Crippen LogP contribution >= 0.6 is 11.3 Å². The zero-order valence-electron chi connectivity index (χ0n) is 24.5. The van der Waals surface area contributed by atoms with Gasteiger partial charge in [0.25, 0.3) is 0 Å². The first-order valence-electron chi connectivity index (χ1n) is 15.4. The van der Waals surface area contributed by atoms with Crippen molar-refractivity contribution in [1.82, 2.24) is 0 Å². The molecule has 2 atom stereocenters. The fourth-order valence-electron chi connectivity index (χ4n) is 6.85. The SMILES string of the molecule is C1=CC2Oc3c(cc(N(c4ccccc4)c4ccc(-c5cccc(-c6ccccc6)c5)cc4)c4sc5ccccc5c34)C2C=C1. The molecule has 0 bridgehead atoms. The first-order valence-corrected chi connectivity index (χ1v) is 16.2. The molecule has 214 valence electrons. The largest absolute Gasteiger partial charge is 0.484 e. The summed E-state index contributed by atoms with van der Waals surface area (Å²) in [5.74, 6) is 1.22. The maximum Gasteiger partial charge on any atom is 0.133 e. The summed E-state index contributed by atoms with van der Waals surface area (Å²) in [5.41, 5.74) is 9.54. The van der Waals surface area contributed by atoms with E-state index >= 15 is 0 Å². The van der Waals surface area contributed by atoms with Crippen molar-refractivity contribution in [3.63, 3.8) is 0 Å². The van der Waals surface area contributed by atoms with Gasteiger partial charge in [0.15, 0.2) is 0 Å². The molecule has 0 fully saturated rings. The van der Waals surface area contributed by atoms with Crippen molar-refractivity contribution in [3.8, 4) is 28.0 Å². The molecule has 2 aliphatic rings. The molecular weight excluding hydrogens is 567 g/mol. The second kappa shape index (κ2) is 10.7. The average molecular weight is 596 g/mol. The van der Waals surface area contributed by atoms with E-state index < -0.39 is 0 Å². The van der Waals surface area contributed by atoms with Gasteiger partial charge < -0.3 is 9.64 Å². The van der Waals surface area contributed by atoms with Crippen molar-refractivity contribution < 1.29 is 4.74 Å². The van der Waals surface area contributed by atoms with Gasteiger partial charge in [-0.2, -0.15) is 0 Å². The summed E-state index contributed by atoms with van der Waals surface area (Å²) < 4.78 is 9.21. The Hall–Kier alpha value is -5.38. The van der Waals surface area contributed by atoms with E-state index in [1.165, 1.54) is 53.7 Å². The van der Waals surface area contributed by atoms with Crippen LogP contribution in [0.4, 0.5) is 17.1 Å².